The zero-order valence-electron chi connectivity index (χ0n) is 18.8. The second kappa shape index (κ2) is 10.9. The van der Waals surface area contributed by atoms with Crippen molar-refractivity contribution in [3.63, 3.8) is 0 Å². The molecule has 3 rings (SSSR count). The van der Waals surface area contributed by atoms with Gasteiger partial charge >= 0.3 is 0 Å². The van der Waals surface area contributed by atoms with Crippen LogP contribution >= 0.6 is 0 Å². The van der Waals surface area contributed by atoms with Crippen LogP contribution in [0, 0.1) is 0 Å². The van der Waals surface area contributed by atoms with Gasteiger partial charge in [-0.1, -0.05) is 18.2 Å². The number of carbonyl (C=O) groups excluding carboxylic acids is 1. The molecule has 0 aliphatic rings. The van der Waals surface area contributed by atoms with Gasteiger partial charge in [0.25, 0.3) is 5.91 Å². The average Bonchev–Trinajstić information content (AvgIpc) is 2.84. The number of phenolic OH excluding ortho intramolecular Hbond substituents is 2. The Morgan fingerprint density at radius 3 is 2.27 bits per heavy atom. The maximum absolute atomic E-state index is 13.3. The molecule has 7 heteroatoms. The molecule has 0 saturated carbocycles. The molecule has 0 unspecified atom stereocenters. The number of methoxy groups -OCH3 is 3. The quantitative estimate of drug-likeness (QED) is 0.337. The number of benzene rings is 3. The summed E-state index contributed by atoms with van der Waals surface area (Å²) in [5, 5.41) is 22.3. The van der Waals surface area contributed by atoms with Gasteiger partial charge in [0.15, 0.2) is 11.5 Å². The smallest absolute Gasteiger partial charge is 0.252 e. The first-order valence-electron chi connectivity index (χ1n) is 10.3. The van der Waals surface area contributed by atoms with Crippen molar-refractivity contribution in [3.8, 4) is 28.7 Å². The predicted octanol–water partition coefficient (Wildman–Crippen LogP) is 4.02. The fourth-order valence-corrected chi connectivity index (χ4v) is 3.32. The van der Waals surface area contributed by atoms with Gasteiger partial charge in [0.2, 0.25) is 0 Å². The largest absolute Gasteiger partial charge is 0.508 e. The molecule has 0 bridgehead atoms. The second-order valence-electron chi connectivity index (χ2n) is 7.23. The van der Waals surface area contributed by atoms with Gasteiger partial charge in [-0.25, -0.2) is 0 Å². The lowest BCUT2D eigenvalue weighted by Crippen LogP contribution is -2.26. The zero-order valence-corrected chi connectivity index (χ0v) is 18.8. The number of rotatable bonds is 9. The van der Waals surface area contributed by atoms with Gasteiger partial charge in [-0.05, 0) is 66.1 Å². The van der Waals surface area contributed by atoms with Crippen molar-refractivity contribution >= 4 is 17.6 Å². The topological polar surface area (TPSA) is 97.3 Å². The van der Waals surface area contributed by atoms with E-state index in [-0.39, 0.29) is 17.4 Å². The molecule has 3 aromatic carbocycles. The molecular formula is C26H27NO6. The molecule has 172 valence electrons. The molecule has 0 atom stereocenters. The second-order valence-corrected chi connectivity index (χ2v) is 7.23. The van der Waals surface area contributed by atoms with Crippen LogP contribution in [0.2, 0.25) is 0 Å². The van der Waals surface area contributed by atoms with Crippen LogP contribution in [0.3, 0.4) is 0 Å². The van der Waals surface area contributed by atoms with E-state index >= 15 is 0 Å². The van der Waals surface area contributed by atoms with Crippen LogP contribution in [0.4, 0.5) is 0 Å². The molecule has 7 nitrogen and oxygen atoms in total. The maximum atomic E-state index is 13.3. The molecule has 33 heavy (non-hydrogen) atoms. The fourth-order valence-electron chi connectivity index (χ4n) is 3.32. The summed E-state index contributed by atoms with van der Waals surface area (Å²) in [6.45, 7) is 0.395. The summed E-state index contributed by atoms with van der Waals surface area (Å²) < 4.78 is 16.0. The van der Waals surface area contributed by atoms with E-state index in [1.807, 2.05) is 12.1 Å². The molecule has 1 amide bonds. The maximum Gasteiger partial charge on any atom is 0.252 e. The van der Waals surface area contributed by atoms with Crippen LogP contribution < -0.4 is 19.5 Å². The Morgan fingerprint density at radius 1 is 0.879 bits per heavy atom. The third-order valence-corrected chi connectivity index (χ3v) is 5.09. The number of carbonyl (C=O) groups is 1. The zero-order chi connectivity index (χ0) is 23.8. The van der Waals surface area contributed by atoms with E-state index in [9.17, 15) is 15.0 Å². The van der Waals surface area contributed by atoms with Crippen LogP contribution in [0.15, 0.2) is 60.7 Å². The Hall–Kier alpha value is -4.13. The van der Waals surface area contributed by atoms with Gasteiger partial charge in [-0.15, -0.1) is 0 Å². The minimum Gasteiger partial charge on any atom is -0.508 e. The van der Waals surface area contributed by atoms with Gasteiger partial charge in [0.1, 0.15) is 17.2 Å². The Balaban J connectivity index is 1.94. The normalized spacial score (nSPS) is 11.1. The third kappa shape index (κ3) is 5.98. The molecular weight excluding hydrogens is 422 g/mol. The minimum atomic E-state index is -0.299. The summed E-state index contributed by atoms with van der Waals surface area (Å²) in [6, 6.07) is 16.9. The Kier molecular flexibility index (Phi) is 7.81. The number of nitrogens with one attached hydrogen (secondary N) is 1. The number of hydrogen-bond acceptors (Lipinski definition) is 6. The van der Waals surface area contributed by atoms with Crippen LogP contribution in [0.5, 0.6) is 28.7 Å². The lowest BCUT2D eigenvalue weighted by molar-refractivity contribution is -0.115. The summed E-state index contributed by atoms with van der Waals surface area (Å²) in [7, 11) is 4.55. The number of hydrogen-bond donors (Lipinski definition) is 3. The summed E-state index contributed by atoms with van der Waals surface area (Å²) >= 11 is 0. The third-order valence-electron chi connectivity index (χ3n) is 5.09. The molecule has 0 spiro atoms. The van der Waals surface area contributed by atoms with Gasteiger partial charge in [0, 0.05) is 12.1 Å². The molecule has 0 radical (unpaired) electrons. The minimum absolute atomic E-state index is 0.00788. The van der Waals surface area contributed by atoms with Gasteiger partial charge in [-0.2, -0.15) is 0 Å². The fraction of sp³-hybridized carbons (Fsp3) is 0.192. The van der Waals surface area contributed by atoms with Crippen molar-refractivity contribution in [2.24, 2.45) is 0 Å². The van der Waals surface area contributed by atoms with E-state index in [4.69, 9.17) is 14.2 Å². The molecule has 0 aromatic heterocycles. The van der Waals surface area contributed by atoms with Crippen molar-refractivity contribution in [1.82, 2.24) is 5.32 Å². The molecule has 0 aliphatic carbocycles. The number of phenols is 2. The average molecular weight is 450 g/mol. The first-order valence-corrected chi connectivity index (χ1v) is 10.3. The SMILES string of the molecule is COc1ccc(OC)c(/C(=C/c2ccc(O)c(OC)c2)C(=O)NCCc2ccc(O)cc2)c1. The first-order chi connectivity index (χ1) is 15.9. The Labute approximate surface area is 192 Å². The Bertz CT molecular complexity index is 1140. The van der Waals surface area contributed by atoms with E-state index < -0.39 is 0 Å². The predicted molar refractivity (Wildman–Crippen MR) is 127 cm³/mol. The van der Waals surface area contributed by atoms with Crippen molar-refractivity contribution in [3.05, 3.63) is 77.4 Å². The summed E-state index contributed by atoms with van der Waals surface area (Å²) in [4.78, 5) is 13.3. The molecule has 0 fully saturated rings. The first kappa shape index (κ1) is 23.5. The van der Waals surface area contributed by atoms with E-state index in [1.165, 1.54) is 20.3 Å². The highest BCUT2D eigenvalue weighted by Crippen LogP contribution is 2.33. The van der Waals surface area contributed by atoms with Crippen LogP contribution in [0.25, 0.3) is 11.6 Å². The molecule has 0 heterocycles. The summed E-state index contributed by atoms with van der Waals surface area (Å²) in [5.74, 6) is 1.30. The summed E-state index contributed by atoms with van der Waals surface area (Å²) in [6.07, 6.45) is 2.30. The lowest BCUT2D eigenvalue weighted by Gasteiger charge is -2.15. The van der Waals surface area contributed by atoms with E-state index in [1.54, 1.807) is 55.7 Å². The number of aromatic hydroxyl groups is 2. The van der Waals surface area contributed by atoms with Crippen LogP contribution in [-0.4, -0.2) is 44.0 Å². The van der Waals surface area contributed by atoms with Crippen LogP contribution in [0.1, 0.15) is 16.7 Å². The van der Waals surface area contributed by atoms with E-state index in [2.05, 4.69) is 5.32 Å². The lowest BCUT2D eigenvalue weighted by atomic mass is 10.00. The number of ether oxygens (including phenoxy) is 3. The molecule has 0 aliphatic heterocycles. The van der Waals surface area contributed by atoms with Crippen molar-refractivity contribution in [2.45, 2.75) is 6.42 Å². The van der Waals surface area contributed by atoms with Crippen molar-refractivity contribution < 1.29 is 29.2 Å². The van der Waals surface area contributed by atoms with Gasteiger partial charge in [-0.3, -0.25) is 4.79 Å². The van der Waals surface area contributed by atoms with Crippen LogP contribution in [-0.2, 0) is 11.2 Å². The van der Waals surface area contributed by atoms with E-state index in [0.717, 1.165) is 5.56 Å². The van der Waals surface area contributed by atoms with Gasteiger partial charge in [0.05, 0.1) is 26.9 Å². The number of amides is 1. The van der Waals surface area contributed by atoms with Crippen molar-refractivity contribution in [2.75, 3.05) is 27.9 Å². The monoisotopic (exact) mass is 449 g/mol. The highest BCUT2D eigenvalue weighted by molar-refractivity contribution is 6.25. The molecule has 0 saturated heterocycles. The summed E-state index contributed by atoms with van der Waals surface area (Å²) in [5.41, 5.74) is 2.58. The standard InChI is InChI=1S/C26H27NO6/c1-31-20-9-11-24(32-2)21(16-20)22(14-18-6-10-23(29)25(15-18)33-3)26(30)27-13-12-17-4-7-19(28)8-5-17/h4-11,14-16,28-29H,12-13H2,1-3H3,(H,27,30)/b22-14-. The molecule has 3 aromatic rings. The Morgan fingerprint density at radius 2 is 1.61 bits per heavy atom. The highest BCUT2D eigenvalue weighted by Gasteiger charge is 2.18. The van der Waals surface area contributed by atoms with Gasteiger partial charge < -0.3 is 29.7 Å². The van der Waals surface area contributed by atoms with E-state index in [0.29, 0.717) is 46.9 Å². The highest BCUT2D eigenvalue weighted by atomic mass is 16.5. The van der Waals surface area contributed by atoms with Crippen molar-refractivity contribution in [1.29, 1.82) is 0 Å². The molecule has 3 N–H and O–H groups in total.